The molecule has 10 heteroatoms. The predicted octanol–water partition coefficient (Wildman–Crippen LogP) is 2.06. The minimum atomic E-state index is -0.942. The fraction of sp³-hybridized carbons (Fsp3) is 0.120. The number of carbonyl (C=O) groups is 2. The van der Waals surface area contributed by atoms with E-state index in [4.69, 9.17) is 17.3 Å². The average Bonchev–Trinajstić information content (AvgIpc) is 3.16. The van der Waals surface area contributed by atoms with Gasteiger partial charge in [-0.1, -0.05) is 47.5 Å². The Morgan fingerprint density at radius 3 is 2.54 bits per heavy atom. The first-order valence-corrected chi connectivity index (χ1v) is 11.5. The summed E-state index contributed by atoms with van der Waals surface area (Å²) in [5, 5.41) is 13.2. The molecule has 0 bridgehead atoms. The minimum Gasteiger partial charge on any atom is -0.466 e. The molecular weight excluding hydrogens is 488 g/mol. The molecule has 3 aromatic rings. The number of rotatable bonds is 4. The van der Waals surface area contributed by atoms with Crippen LogP contribution in [0.15, 0.2) is 58.9 Å². The summed E-state index contributed by atoms with van der Waals surface area (Å²) in [7, 11) is 1.19. The first kappa shape index (κ1) is 24.0. The number of hydrogen-bond donors (Lipinski definition) is 2. The van der Waals surface area contributed by atoms with Gasteiger partial charge in [0.25, 0.3) is 11.5 Å². The highest BCUT2D eigenvalue weighted by atomic mass is 35.5. The molecule has 0 saturated carbocycles. The van der Waals surface area contributed by atoms with Gasteiger partial charge in [0.2, 0.25) is 0 Å². The molecule has 0 unspecified atom stereocenters. The number of ether oxygens (including phenoxy) is 1. The smallest absolute Gasteiger partial charge is 0.332 e. The SMILES string of the molecule is COC(=O)/C=c1\sc2n(c1=O)C(N)=C(C#N)[C@H](c1ccccc1Cl)C=2C(=O)Nc1ccc(C)cc1. The van der Waals surface area contributed by atoms with Crippen LogP contribution in [0.2, 0.25) is 5.02 Å². The number of amides is 1. The summed E-state index contributed by atoms with van der Waals surface area (Å²) in [5.41, 5.74) is 7.77. The standard InChI is InChI=1S/C25H19ClN4O4S/c1-13-7-9-14(10-8-13)29-23(32)21-20(15-5-3-4-6-17(15)26)16(12-27)22(28)30-24(33)18(35-25(21)30)11-19(31)34-2/h3-11,20H,28H2,1-2H3,(H,29,32)/b18-11-/t20-/m0/s1. The molecule has 176 valence electrons. The second kappa shape index (κ2) is 9.62. The summed E-state index contributed by atoms with van der Waals surface area (Å²) in [6, 6.07) is 16.0. The number of carbonyl (C=O) groups excluding carboxylic acids is 2. The summed E-state index contributed by atoms with van der Waals surface area (Å²) in [5.74, 6) is -2.36. The Labute approximate surface area is 208 Å². The van der Waals surface area contributed by atoms with Crippen LogP contribution in [0.4, 0.5) is 5.69 Å². The summed E-state index contributed by atoms with van der Waals surface area (Å²) in [6.45, 7) is 1.92. The van der Waals surface area contributed by atoms with E-state index in [1.807, 2.05) is 19.1 Å². The molecule has 0 fully saturated rings. The lowest BCUT2D eigenvalue weighted by atomic mass is 9.83. The van der Waals surface area contributed by atoms with E-state index in [1.165, 1.54) is 7.11 Å². The molecule has 0 radical (unpaired) electrons. The van der Waals surface area contributed by atoms with E-state index in [2.05, 4.69) is 16.1 Å². The Morgan fingerprint density at radius 1 is 1.23 bits per heavy atom. The lowest BCUT2D eigenvalue weighted by Crippen LogP contribution is -2.41. The van der Waals surface area contributed by atoms with Crippen molar-refractivity contribution in [3.05, 3.63) is 89.8 Å². The van der Waals surface area contributed by atoms with Crippen molar-refractivity contribution in [2.24, 2.45) is 5.73 Å². The Morgan fingerprint density at radius 2 is 1.91 bits per heavy atom. The molecule has 0 aliphatic carbocycles. The third-order valence-corrected chi connectivity index (χ3v) is 6.94. The zero-order valence-electron chi connectivity index (χ0n) is 18.7. The Hall–Kier alpha value is -4.13. The Balaban J connectivity index is 2.06. The number of benzene rings is 2. The topological polar surface area (TPSA) is 127 Å². The normalized spacial score (nSPS) is 15.4. The maximum Gasteiger partial charge on any atom is 0.332 e. The maximum atomic E-state index is 13.7. The number of fused-ring (bicyclic) bond motifs is 1. The van der Waals surface area contributed by atoms with Gasteiger partial charge in [-0.05, 0) is 30.7 Å². The Kier molecular flexibility index (Phi) is 6.60. The zero-order chi connectivity index (χ0) is 25.3. The number of nitrogens with one attached hydrogen (secondary N) is 1. The molecule has 0 saturated heterocycles. The van der Waals surface area contributed by atoms with Gasteiger partial charge in [0, 0.05) is 16.8 Å². The average molecular weight is 507 g/mol. The van der Waals surface area contributed by atoms with Crippen molar-refractivity contribution in [1.29, 1.82) is 5.26 Å². The molecule has 1 aliphatic rings. The van der Waals surface area contributed by atoms with E-state index in [1.54, 1.807) is 36.4 Å². The number of nitriles is 1. The summed E-state index contributed by atoms with van der Waals surface area (Å²) in [6.07, 6.45) is 1.03. The number of aryl methyl sites for hydroxylation is 1. The largest absolute Gasteiger partial charge is 0.466 e. The molecule has 0 spiro atoms. The number of nitrogens with two attached hydrogens (primary N) is 1. The molecule has 35 heavy (non-hydrogen) atoms. The van der Waals surface area contributed by atoms with Crippen LogP contribution in [0, 0.1) is 18.3 Å². The second-order valence-electron chi connectivity index (χ2n) is 7.68. The van der Waals surface area contributed by atoms with E-state index >= 15 is 0 Å². The van der Waals surface area contributed by atoms with Crippen molar-refractivity contribution in [2.75, 3.05) is 12.4 Å². The van der Waals surface area contributed by atoms with Gasteiger partial charge >= 0.3 is 5.97 Å². The van der Waals surface area contributed by atoms with Crippen LogP contribution in [0.5, 0.6) is 0 Å². The van der Waals surface area contributed by atoms with Crippen LogP contribution in [0.25, 0.3) is 17.5 Å². The number of halogens is 1. The van der Waals surface area contributed by atoms with Gasteiger partial charge in [0.05, 0.1) is 30.2 Å². The summed E-state index contributed by atoms with van der Waals surface area (Å²) < 4.78 is 5.92. The van der Waals surface area contributed by atoms with Gasteiger partial charge in [-0.25, -0.2) is 4.79 Å². The van der Waals surface area contributed by atoms with Crippen molar-refractivity contribution in [2.45, 2.75) is 12.8 Å². The molecule has 1 aromatic heterocycles. The number of methoxy groups -OCH3 is 1. The van der Waals surface area contributed by atoms with E-state index in [-0.39, 0.29) is 26.2 Å². The number of aromatic nitrogens is 1. The lowest BCUT2D eigenvalue weighted by Gasteiger charge is -2.26. The van der Waals surface area contributed by atoms with Crippen LogP contribution in [0.1, 0.15) is 17.0 Å². The van der Waals surface area contributed by atoms with Gasteiger partial charge in [0.15, 0.2) is 0 Å². The zero-order valence-corrected chi connectivity index (χ0v) is 20.2. The molecule has 1 atom stereocenters. The molecule has 2 heterocycles. The molecule has 2 aromatic carbocycles. The third-order valence-electron chi connectivity index (χ3n) is 5.49. The fourth-order valence-electron chi connectivity index (χ4n) is 3.79. The number of allylic oxidation sites excluding steroid dienone is 1. The quantitative estimate of drug-likeness (QED) is 0.521. The van der Waals surface area contributed by atoms with Crippen LogP contribution < -0.4 is 25.8 Å². The van der Waals surface area contributed by atoms with Crippen molar-refractivity contribution in [3.63, 3.8) is 0 Å². The lowest BCUT2D eigenvalue weighted by molar-refractivity contribution is -0.133. The minimum absolute atomic E-state index is 0.00698. The van der Waals surface area contributed by atoms with Crippen LogP contribution in [-0.4, -0.2) is 23.6 Å². The second-order valence-corrected chi connectivity index (χ2v) is 9.12. The highest BCUT2D eigenvalue weighted by molar-refractivity contribution is 7.07. The van der Waals surface area contributed by atoms with Gasteiger partial charge in [-0.3, -0.25) is 14.2 Å². The van der Waals surface area contributed by atoms with Crippen molar-refractivity contribution in [1.82, 2.24) is 4.57 Å². The highest BCUT2D eigenvalue weighted by Crippen LogP contribution is 2.39. The molecule has 4 rings (SSSR count). The third kappa shape index (κ3) is 4.37. The fourth-order valence-corrected chi connectivity index (χ4v) is 5.17. The van der Waals surface area contributed by atoms with Crippen LogP contribution >= 0.6 is 22.9 Å². The van der Waals surface area contributed by atoms with Crippen molar-refractivity contribution < 1.29 is 14.3 Å². The van der Waals surface area contributed by atoms with Crippen molar-refractivity contribution >= 4 is 58.0 Å². The molecule has 1 aliphatic heterocycles. The molecular formula is C25H19ClN4O4S. The number of thiazole rings is 1. The number of esters is 1. The van der Waals surface area contributed by atoms with Gasteiger partial charge < -0.3 is 15.8 Å². The number of hydrogen-bond acceptors (Lipinski definition) is 7. The molecule has 3 N–H and O–H groups in total. The van der Waals surface area contributed by atoms with E-state index < -0.39 is 23.4 Å². The number of nitrogens with zero attached hydrogens (tertiary/aromatic N) is 2. The monoisotopic (exact) mass is 506 g/mol. The van der Waals surface area contributed by atoms with E-state index in [0.29, 0.717) is 16.3 Å². The highest BCUT2D eigenvalue weighted by Gasteiger charge is 2.36. The van der Waals surface area contributed by atoms with Gasteiger partial charge in [-0.15, -0.1) is 11.3 Å². The number of anilines is 1. The maximum absolute atomic E-state index is 13.7. The first-order valence-electron chi connectivity index (χ1n) is 10.3. The molecule has 8 nitrogen and oxygen atoms in total. The van der Waals surface area contributed by atoms with Gasteiger partial charge in [-0.2, -0.15) is 5.26 Å². The summed E-state index contributed by atoms with van der Waals surface area (Å²) >= 11 is 7.38. The first-order chi connectivity index (χ1) is 16.8. The summed E-state index contributed by atoms with van der Waals surface area (Å²) in [4.78, 5) is 38.7. The Bertz CT molecular complexity index is 1610. The van der Waals surface area contributed by atoms with E-state index in [9.17, 15) is 19.6 Å². The van der Waals surface area contributed by atoms with Crippen molar-refractivity contribution in [3.8, 4) is 6.07 Å². The predicted molar refractivity (Wildman–Crippen MR) is 135 cm³/mol. The molecule has 1 amide bonds. The van der Waals surface area contributed by atoms with Gasteiger partial charge in [0.1, 0.15) is 15.0 Å². The van der Waals surface area contributed by atoms with Crippen LogP contribution in [0.3, 0.4) is 0 Å². The van der Waals surface area contributed by atoms with Crippen LogP contribution in [-0.2, 0) is 14.3 Å². The van der Waals surface area contributed by atoms with E-state index in [0.717, 1.165) is 27.5 Å².